The molecular weight excluding hydrogens is 254 g/mol. The van der Waals surface area contributed by atoms with E-state index in [1.165, 1.54) is 0 Å². The van der Waals surface area contributed by atoms with Crippen LogP contribution in [0.4, 0.5) is 17.6 Å². The van der Waals surface area contributed by atoms with Crippen molar-refractivity contribution >= 4 is 5.97 Å². The maximum Gasteiger partial charge on any atom is 0.307 e. The Morgan fingerprint density at radius 2 is 1.89 bits per heavy atom. The quantitative estimate of drug-likeness (QED) is 0.487. The zero-order valence-corrected chi connectivity index (χ0v) is 9.01. The first-order chi connectivity index (χ1) is 8.41. The van der Waals surface area contributed by atoms with Gasteiger partial charge in [-0.25, -0.2) is 17.6 Å². The van der Waals surface area contributed by atoms with Crippen molar-refractivity contribution < 1.29 is 27.5 Å². The van der Waals surface area contributed by atoms with Crippen LogP contribution in [0.3, 0.4) is 0 Å². The fourth-order valence-electron chi connectivity index (χ4n) is 2.01. The molecule has 0 spiro atoms. The lowest BCUT2D eigenvalue weighted by molar-refractivity contribution is -0.141. The van der Waals surface area contributed by atoms with E-state index in [-0.39, 0.29) is 13.0 Å². The van der Waals surface area contributed by atoms with Gasteiger partial charge in [0, 0.05) is 18.2 Å². The molecular formula is C11H9F4NO2. The van der Waals surface area contributed by atoms with Crippen molar-refractivity contribution in [2.45, 2.75) is 12.5 Å². The summed E-state index contributed by atoms with van der Waals surface area (Å²) >= 11 is 0. The molecule has 2 rings (SSSR count). The van der Waals surface area contributed by atoms with Gasteiger partial charge in [0.15, 0.2) is 23.3 Å². The average Bonchev–Trinajstić information content (AvgIpc) is 2.80. The third-order valence-electron chi connectivity index (χ3n) is 2.99. The molecule has 3 nitrogen and oxygen atoms in total. The van der Waals surface area contributed by atoms with Crippen LogP contribution in [-0.2, 0) is 4.79 Å². The van der Waals surface area contributed by atoms with Crippen molar-refractivity contribution in [3.05, 3.63) is 34.9 Å². The van der Waals surface area contributed by atoms with E-state index in [1.807, 2.05) is 0 Å². The molecule has 0 aromatic heterocycles. The number of nitrogens with one attached hydrogen (secondary N) is 1. The Morgan fingerprint density at radius 3 is 2.44 bits per heavy atom. The zero-order chi connectivity index (χ0) is 13.4. The summed E-state index contributed by atoms with van der Waals surface area (Å²) in [7, 11) is 0. The lowest BCUT2D eigenvalue weighted by atomic mass is 9.99. The summed E-state index contributed by atoms with van der Waals surface area (Å²) in [6.45, 7) is 0.0695. The van der Waals surface area contributed by atoms with Crippen LogP contribution in [0.15, 0.2) is 6.07 Å². The minimum absolute atomic E-state index is 0.00321. The molecule has 1 aromatic carbocycles. The van der Waals surface area contributed by atoms with E-state index in [0.717, 1.165) is 0 Å². The SMILES string of the molecule is O=C(O)C1CNC(c2cc(F)c(F)c(F)c2F)C1. The van der Waals surface area contributed by atoms with E-state index in [2.05, 4.69) is 5.32 Å². The smallest absolute Gasteiger partial charge is 0.307 e. The molecule has 0 amide bonds. The normalized spacial score (nSPS) is 23.3. The maximum atomic E-state index is 13.5. The third-order valence-corrected chi connectivity index (χ3v) is 2.99. The summed E-state index contributed by atoms with van der Waals surface area (Å²) in [6, 6.07) is -0.286. The topological polar surface area (TPSA) is 49.3 Å². The number of carboxylic acids is 1. The Kier molecular flexibility index (Phi) is 3.25. The molecule has 7 heteroatoms. The van der Waals surface area contributed by atoms with Gasteiger partial charge in [-0.05, 0) is 12.5 Å². The van der Waals surface area contributed by atoms with E-state index < -0.39 is 46.8 Å². The number of benzene rings is 1. The van der Waals surface area contributed by atoms with Crippen LogP contribution in [0.1, 0.15) is 18.0 Å². The first-order valence-electron chi connectivity index (χ1n) is 5.21. The van der Waals surface area contributed by atoms with E-state index in [1.54, 1.807) is 0 Å². The molecule has 0 radical (unpaired) electrons. The van der Waals surface area contributed by atoms with Crippen LogP contribution in [0.25, 0.3) is 0 Å². The summed E-state index contributed by atoms with van der Waals surface area (Å²) in [5.74, 6) is -8.57. The second-order valence-corrected chi connectivity index (χ2v) is 4.12. The molecule has 1 fully saturated rings. The lowest BCUT2D eigenvalue weighted by Gasteiger charge is -2.12. The summed E-state index contributed by atoms with van der Waals surface area (Å²) in [6.07, 6.45) is -0.00321. The fourth-order valence-corrected chi connectivity index (χ4v) is 2.01. The Hall–Kier alpha value is -1.63. The van der Waals surface area contributed by atoms with E-state index in [9.17, 15) is 22.4 Å². The van der Waals surface area contributed by atoms with Gasteiger partial charge in [0.1, 0.15) is 0 Å². The van der Waals surface area contributed by atoms with E-state index in [0.29, 0.717) is 6.07 Å². The van der Waals surface area contributed by atoms with Gasteiger partial charge in [-0.2, -0.15) is 0 Å². The monoisotopic (exact) mass is 263 g/mol. The molecule has 1 aliphatic heterocycles. The van der Waals surface area contributed by atoms with E-state index in [4.69, 9.17) is 5.11 Å². The van der Waals surface area contributed by atoms with E-state index >= 15 is 0 Å². The van der Waals surface area contributed by atoms with Crippen molar-refractivity contribution in [1.29, 1.82) is 0 Å². The summed E-state index contributed by atoms with van der Waals surface area (Å²) in [5, 5.41) is 11.4. The zero-order valence-electron chi connectivity index (χ0n) is 9.01. The van der Waals surface area contributed by atoms with Crippen molar-refractivity contribution in [2.75, 3.05) is 6.54 Å². The summed E-state index contributed by atoms with van der Waals surface area (Å²) < 4.78 is 52.2. The number of halogens is 4. The highest BCUT2D eigenvalue weighted by atomic mass is 19.2. The lowest BCUT2D eigenvalue weighted by Crippen LogP contribution is -2.18. The number of rotatable bonds is 2. The van der Waals surface area contributed by atoms with Gasteiger partial charge >= 0.3 is 5.97 Å². The average molecular weight is 263 g/mol. The van der Waals surface area contributed by atoms with Crippen molar-refractivity contribution in [2.24, 2.45) is 5.92 Å². The highest BCUT2D eigenvalue weighted by molar-refractivity contribution is 5.70. The minimum Gasteiger partial charge on any atom is -0.481 e. The number of aliphatic carboxylic acids is 1. The molecule has 2 atom stereocenters. The molecule has 0 aliphatic carbocycles. The van der Waals surface area contributed by atoms with Crippen LogP contribution >= 0.6 is 0 Å². The highest BCUT2D eigenvalue weighted by Gasteiger charge is 2.33. The number of carboxylic acid groups (broad SMARTS) is 1. The Morgan fingerprint density at radius 1 is 1.22 bits per heavy atom. The van der Waals surface area contributed by atoms with Gasteiger partial charge in [-0.3, -0.25) is 4.79 Å². The first-order valence-corrected chi connectivity index (χ1v) is 5.21. The van der Waals surface area contributed by atoms with Gasteiger partial charge < -0.3 is 10.4 Å². The molecule has 1 aromatic rings. The van der Waals surface area contributed by atoms with Crippen molar-refractivity contribution in [3.63, 3.8) is 0 Å². The van der Waals surface area contributed by atoms with Crippen LogP contribution < -0.4 is 5.32 Å². The first kappa shape index (κ1) is 12.8. The van der Waals surface area contributed by atoms with Gasteiger partial charge in [-0.1, -0.05) is 0 Å². The Bertz CT molecular complexity index is 506. The molecule has 2 unspecified atom stereocenters. The van der Waals surface area contributed by atoms with Crippen molar-refractivity contribution in [3.8, 4) is 0 Å². The number of hydrogen-bond acceptors (Lipinski definition) is 2. The van der Waals surface area contributed by atoms with Crippen LogP contribution in [0.5, 0.6) is 0 Å². The maximum absolute atomic E-state index is 13.5. The largest absolute Gasteiger partial charge is 0.481 e. The Labute approximate surface area is 99.4 Å². The highest BCUT2D eigenvalue weighted by Crippen LogP contribution is 2.31. The van der Waals surface area contributed by atoms with Crippen molar-refractivity contribution in [1.82, 2.24) is 5.32 Å². The summed E-state index contributed by atoms with van der Waals surface area (Å²) in [4.78, 5) is 10.7. The molecule has 1 aliphatic rings. The molecule has 0 bridgehead atoms. The number of carbonyl (C=O) groups is 1. The second-order valence-electron chi connectivity index (χ2n) is 4.12. The van der Waals surface area contributed by atoms with Crippen LogP contribution in [0.2, 0.25) is 0 Å². The summed E-state index contributed by atoms with van der Waals surface area (Å²) in [5.41, 5.74) is -0.393. The van der Waals surface area contributed by atoms with Gasteiger partial charge in [0.05, 0.1) is 5.92 Å². The predicted molar refractivity (Wildman–Crippen MR) is 52.8 cm³/mol. The van der Waals surface area contributed by atoms with Crippen LogP contribution in [0, 0.1) is 29.2 Å². The molecule has 1 heterocycles. The Balaban J connectivity index is 2.33. The standard InChI is InChI=1S/C11H9F4NO2/c12-6-2-5(8(13)10(15)9(6)14)7-1-4(3-16-7)11(17)18/h2,4,7,16H,1,3H2,(H,17,18). The minimum atomic E-state index is -1.88. The molecule has 18 heavy (non-hydrogen) atoms. The third kappa shape index (κ3) is 2.05. The number of hydrogen-bond donors (Lipinski definition) is 2. The molecule has 0 saturated carbocycles. The van der Waals surface area contributed by atoms with Gasteiger partial charge in [-0.15, -0.1) is 0 Å². The molecule has 2 N–H and O–H groups in total. The molecule has 98 valence electrons. The van der Waals surface area contributed by atoms with Gasteiger partial charge in [0.2, 0.25) is 0 Å². The van der Waals surface area contributed by atoms with Crippen LogP contribution in [-0.4, -0.2) is 17.6 Å². The second kappa shape index (κ2) is 4.56. The van der Waals surface area contributed by atoms with Gasteiger partial charge in [0.25, 0.3) is 0 Å². The molecule has 1 saturated heterocycles. The fraction of sp³-hybridized carbons (Fsp3) is 0.364. The predicted octanol–water partition coefficient (Wildman–Crippen LogP) is 1.98.